The van der Waals surface area contributed by atoms with Gasteiger partial charge in [-0.2, -0.15) is 0 Å². The zero-order valence-electron chi connectivity index (χ0n) is 14.5. The van der Waals surface area contributed by atoms with E-state index >= 15 is 0 Å². The van der Waals surface area contributed by atoms with Crippen LogP contribution in [0.2, 0.25) is 0 Å². The zero-order chi connectivity index (χ0) is 17.4. The minimum Gasteiger partial charge on any atom is -0.333 e. The predicted octanol–water partition coefficient (Wildman–Crippen LogP) is 2.81. The summed E-state index contributed by atoms with van der Waals surface area (Å²) in [5.74, 6) is 1.72. The van der Waals surface area contributed by atoms with E-state index in [-0.39, 0.29) is 11.9 Å². The topological polar surface area (TPSA) is 63.9 Å². The average Bonchev–Trinajstić information content (AvgIpc) is 3.20. The molecule has 0 saturated carbocycles. The number of fused-ring (bicyclic) bond motifs is 1. The van der Waals surface area contributed by atoms with Crippen molar-refractivity contribution in [2.24, 2.45) is 0 Å². The number of para-hydroxylation sites is 2. The first kappa shape index (κ1) is 15.7. The number of hydrogen-bond donors (Lipinski definition) is 0. The summed E-state index contributed by atoms with van der Waals surface area (Å²) in [6.45, 7) is 4.92. The number of aromatic nitrogens is 4. The Kier molecular flexibility index (Phi) is 3.95. The van der Waals surface area contributed by atoms with Crippen LogP contribution < -0.4 is 0 Å². The Labute approximate surface area is 146 Å². The maximum atomic E-state index is 13.0. The lowest BCUT2D eigenvalue weighted by Gasteiger charge is -2.25. The summed E-state index contributed by atoms with van der Waals surface area (Å²) < 4.78 is 2.00. The van der Waals surface area contributed by atoms with Gasteiger partial charge in [0, 0.05) is 12.7 Å². The average molecular weight is 335 g/mol. The molecule has 1 aliphatic rings. The van der Waals surface area contributed by atoms with E-state index in [4.69, 9.17) is 0 Å². The van der Waals surface area contributed by atoms with Crippen LogP contribution in [0.3, 0.4) is 0 Å². The molecule has 1 atom stereocenters. The molecule has 25 heavy (non-hydrogen) atoms. The van der Waals surface area contributed by atoms with Crippen LogP contribution in [0.5, 0.6) is 0 Å². The monoisotopic (exact) mass is 335 g/mol. The molecule has 0 spiro atoms. The van der Waals surface area contributed by atoms with Crippen molar-refractivity contribution in [1.82, 2.24) is 24.4 Å². The first-order valence-electron chi connectivity index (χ1n) is 8.64. The highest BCUT2D eigenvalue weighted by molar-refractivity contribution is 5.81. The van der Waals surface area contributed by atoms with Crippen LogP contribution >= 0.6 is 0 Å². The summed E-state index contributed by atoms with van der Waals surface area (Å²) in [6.07, 6.45) is 3.72. The highest BCUT2D eigenvalue weighted by Crippen LogP contribution is 2.31. The lowest BCUT2D eigenvalue weighted by Crippen LogP contribution is -2.34. The number of benzene rings is 1. The molecule has 3 heterocycles. The molecule has 0 aliphatic carbocycles. The summed E-state index contributed by atoms with van der Waals surface area (Å²) in [4.78, 5) is 28.2. The van der Waals surface area contributed by atoms with Crippen LogP contribution in [-0.4, -0.2) is 36.9 Å². The number of rotatable bonds is 3. The highest BCUT2D eigenvalue weighted by Gasteiger charge is 2.31. The fourth-order valence-corrected chi connectivity index (χ4v) is 3.65. The normalized spacial score (nSPS) is 17.4. The van der Waals surface area contributed by atoms with E-state index in [0.29, 0.717) is 6.54 Å². The van der Waals surface area contributed by atoms with Crippen molar-refractivity contribution in [3.05, 3.63) is 53.9 Å². The van der Waals surface area contributed by atoms with Gasteiger partial charge in [-0.25, -0.2) is 15.0 Å². The Balaban J connectivity index is 1.60. The van der Waals surface area contributed by atoms with E-state index in [1.54, 1.807) is 6.20 Å². The van der Waals surface area contributed by atoms with Gasteiger partial charge in [-0.05, 0) is 44.9 Å². The summed E-state index contributed by atoms with van der Waals surface area (Å²) in [6, 6.07) is 9.90. The van der Waals surface area contributed by atoms with Crippen molar-refractivity contribution >= 4 is 16.9 Å². The van der Waals surface area contributed by atoms with Crippen molar-refractivity contribution in [2.45, 2.75) is 39.3 Å². The second kappa shape index (κ2) is 6.27. The van der Waals surface area contributed by atoms with E-state index in [2.05, 4.69) is 15.0 Å². The number of aryl methyl sites for hydroxylation is 2. The molecular weight excluding hydrogens is 314 g/mol. The third-order valence-corrected chi connectivity index (χ3v) is 4.85. The van der Waals surface area contributed by atoms with Gasteiger partial charge in [0.15, 0.2) is 0 Å². The quantitative estimate of drug-likeness (QED) is 0.738. The number of hydrogen-bond acceptors (Lipinski definition) is 4. The summed E-state index contributed by atoms with van der Waals surface area (Å²) in [5.41, 5.74) is 2.87. The second-order valence-electron chi connectivity index (χ2n) is 6.51. The third-order valence-electron chi connectivity index (χ3n) is 4.85. The van der Waals surface area contributed by atoms with Crippen LogP contribution in [0.25, 0.3) is 11.0 Å². The first-order valence-corrected chi connectivity index (χ1v) is 8.64. The molecule has 1 unspecified atom stereocenters. The first-order chi connectivity index (χ1) is 12.1. The van der Waals surface area contributed by atoms with Crippen molar-refractivity contribution in [1.29, 1.82) is 0 Å². The number of carbonyl (C=O) groups excluding carboxylic acids is 1. The van der Waals surface area contributed by atoms with Crippen LogP contribution in [0.4, 0.5) is 0 Å². The number of imidazole rings is 1. The molecule has 0 N–H and O–H groups in total. The number of carbonyl (C=O) groups is 1. The van der Waals surface area contributed by atoms with Crippen LogP contribution in [-0.2, 0) is 11.3 Å². The molecule has 1 aromatic carbocycles. The molecule has 128 valence electrons. The Morgan fingerprint density at radius 3 is 2.88 bits per heavy atom. The van der Waals surface area contributed by atoms with Gasteiger partial charge in [-0.15, -0.1) is 0 Å². The largest absolute Gasteiger partial charge is 0.333 e. The molecule has 6 nitrogen and oxygen atoms in total. The summed E-state index contributed by atoms with van der Waals surface area (Å²) in [5, 5.41) is 0. The van der Waals surface area contributed by atoms with Crippen LogP contribution in [0.15, 0.2) is 36.5 Å². The summed E-state index contributed by atoms with van der Waals surface area (Å²) in [7, 11) is 0. The van der Waals surface area contributed by atoms with Gasteiger partial charge in [0.1, 0.15) is 18.2 Å². The van der Waals surface area contributed by atoms with Crippen LogP contribution in [0.1, 0.15) is 36.2 Å². The minimum absolute atomic E-state index is 0.0456. The molecule has 0 radical (unpaired) electrons. The Morgan fingerprint density at radius 1 is 1.20 bits per heavy atom. The van der Waals surface area contributed by atoms with E-state index in [0.717, 1.165) is 47.8 Å². The molecule has 1 saturated heterocycles. The Bertz CT molecular complexity index is 932. The van der Waals surface area contributed by atoms with Crippen molar-refractivity contribution in [3.8, 4) is 0 Å². The maximum Gasteiger partial charge on any atom is 0.243 e. The van der Waals surface area contributed by atoms with E-state index in [1.165, 1.54) is 0 Å². The fraction of sp³-hybridized carbons (Fsp3) is 0.368. The molecule has 1 fully saturated rings. The molecule has 0 bridgehead atoms. The lowest BCUT2D eigenvalue weighted by atomic mass is 10.1. The molecule has 1 amide bonds. The van der Waals surface area contributed by atoms with Gasteiger partial charge in [-0.3, -0.25) is 4.79 Å². The molecule has 4 rings (SSSR count). The van der Waals surface area contributed by atoms with Gasteiger partial charge >= 0.3 is 0 Å². The summed E-state index contributed by atoms with van der Waals surface area (Å²) >= 11 is 0. The van der Waals surface area contributed by atoms with Gasteiger partial charge in [-0.1, -0.05) is 12.1 Å². The Hall–Kier alpha value is -2.76. The van der Waals surface area contributed by atoms with Gasteiger partial charge in [0.05, 0.1) is 22.8 Å². The molecule has 1 aliphatic heterocycles. The fourth-order valence-electron chi connectivity index (χ4n) is 3.65. The van der Waals surface area contributed by atoms with Gasteiger partial charge < -0.3 is 9.47 Å². The molecule has 6 heteroatoms. The molecular formula is C19H21N5O. The number of amides is 1. The maximum absolute atomic E-state index is 13.0. The minimum atomic E-state index is 0.0456. The van der Waals surface area contributed by atoms with Gasteiger partial charge in [0.25, 0.3) is 0 Å². The lowest BCUT2D eigenvalue weighted by molar-refractivity contribution is -0.132. The van der Waals surface area contributed by atoms with Crippen LogP contribution in [0, 0.1) is 13.8 Å². The van der Waals surface area contributed by atoms with E-state index in [9.17, 15) is 4.79 Å². The third kappa shape index (κ3) is 2.88. The highest BCUT2D eigenvalue weighted by atomic mass is 16.2. The zero-order valence-corrected chi connectivity index (χ0v) is 14.5. The number of likely N-dealkylation sites (tertiary alicyclic amines) is 1. The number of nitrogens with zero attached hydrogens (tertiary/aromatic N) is 5. The Morgan fingerprint density at radius 2 is 2.04 bits per heavy atom. The SMILES string of the molecule is Cc1nccc(C2CCCN2C(=O)Cn2c(C)nc3ccccc32)n1. The standard InChI is InChI=1S/C19H21N5O/c1-13-20-10-9-16(21-13)17-8-5-11-23(17)19(25)12-24-14(2)22-15-6-3-4-7-18(15)24/h3-4,6-7,9-10,17H,5,8,11-12H2,1-2H3. The van der Waals surface area contributed by atoms with Crippen molar-refractivity contribution < 1.29 is 4.79 Å². The second-order valence-corrected chi connectivity index (χ2v) is 6.51. The smallest absolute Gasteiger partial charge is 0.243 e. The van der Waals surface area contributed by atoms with E-state index < -0.39 is 0 Å². The van der Waals surface area contributed by atoms with Crippen molar-refractivity contribution in [3.63, 3.8) is 0 Å². The molecule has 3 aromatic rings. The van der Waals surface area contributed by atoms with Crippen molar-refractivity contribution in [2.75, 3.05) is 6.54 Å². The van der Waals surface area contributed by atoms with Gasteiger partial charge in [0.2, 0.25) is 5.91 Å². The predicted molar refractivity (Wildman–Crippen MR) is 94.9 cm³/mol. The molecule has 2 aromatic heterocycles. The van der Waals surface area contributed by atoms with E-state index in [1.807, 2.05) is 53.6 Å².